The largest absolute Gasteiger partial charge is 0.378 e. The lowest BCUT2D eigenvalue weighted by atomic mass is 10.1. The molecule has 5 nitrogen and oxygen atoms in total. The lowest BCUT2D eigenvalue weighted by Crippen LogP contribution is -2.51. The van der Waals surface area contributed by atoms with Crippen molar-refractivity contribution in [2.75, 3.05) is 45.2 Å². The van der Waals surface area contributed by atoms with Crippen LogP contribution in [0.5, 0.6) is 0 Å². The van der Waals surface area contributed by atoms with Gasteiger partial charge in [-0.05, 0) is 30.7 Å². The number of hydrogen-bond acceptors (Lipinski definition) is 3. The van der Waals surface area contributed by atoms with E-state index in [1.54, 1.807) is 0 Å². The Kier molecular flexibility index (Phi) is 5.79. The third-order valence-corrected chi connectivity index (χ3v) is 5.01. The van der Waals surface area contributed by atoms with Gasteiger partial charge in [-0.25, -0.2) is 0 Å². The van der Waals surface area contributed by atoms with Crippen molar-refractivity contribution in [3.8, 4) is 0 Å². The molecule has 0 spiro atoms. The van der Waals surface area contributed by atoms with Gasteiger partial charge in [0.1, 0.15) is 0 Å². The summed E-state index contributed by atoms with van der Waals surface area (Å²) in [7, 11) is 3.92. The van der Waals surface area contributed by atoms with E-state index in [2.05, 4.69) is 0 Å². The molecule has 2 aromatic rings. The molecule has 2 aromatic carbocycles. The number of benzene rings is 2. The van der Waals surface area contributed by atoms with E-state index in [9.17, 15) is 9.59 Å². The fourth-order valence-corrected chi connectivity index (χ4v) is 3.25. The molecule has 1 saturated heterocycles. The Labute approximate surface area is 161 Å². The molecule has 1 aliphatic heterocycles. The molecule has 142 valence electrons. The van der Waals surface area contributed by atoms with Gasteiger partial charge in [0.15, 0.2) is 0 Å². The van der Waals surface area contributed by atoms with Crippen molar-refractivity contribution in [3.05, 3.63) is 65.2 Å². The van der Waals surface area contributed by atoms with Crippen molar-refractivity contribution >= 4 is 17.5 Å². The molecule has 0 aliphatic carbocycles. The van der Waals surface area contributed by atoms with Crippen LogP contribution >= 0.6 is 0 Å². The molecule has 0 N–H and O–H groups in total. The Balaban J connectivity index is 1.56. The molecule has 0 bridgehead atoms. The number of nitrogens with zero attached hydrogens (tertiary/aromatic N) is 3. The summed E-state index contributed by atoms with van der Waals surface area (Å²) in [5.74, 6) is 0.157. The van der Waals surface area contributed by atoms with Gasteiger partial charge in [0, 0.05) is 51.5 Å². The third-order valence-electron chi connectivity index (χ3n) is 5.01. The summed E-state index contributed by atoms with van der Waals surface area (Å²) < 4.78 is 0. The minimum absolute atomic E-state index is 0.0318. The molecular weight excluding hydrogens is 338 g/mol. The molecule has 0 saturated carbocycles. The highest BCUT2D eigenvalue weighted by Crippen LogP contribution is 2.16. The average Bonchev–Trinajstić information content (AvgIpc) is 2.69. The number of carbonyl (C=O) groups excluding carboxylic acids is 2. The lowest BCUT2D eigenvalue weighted by molar-refractivity contribution is -0.131. The standard InChI is InChI=1S/C22H27N3O2/c1-17-7-9-18(10-8-17)15-21(26)24-11-13-25(14-12-24)22(27)19-5-4-6-20(16-19)23(2)3/h4-10,16H,11-15H2,1-3H3. The van der Waals surface area contributed by atoms with Crippen LogP contribution in [-0.4, -0.2) is 61.9 Å². The predicted octanol–water partition coefficient (Wildman–Crippen LogP) is 2.59. The fourth-order valence-electron chi connectivity index (χ4n) is 3.25. The summed E-state index contributed by atoms with van der Waals surface area (Å²) >= 11 is 0. The van der Waals surface area contributed by atoms with Crippen molar-refractivity contribution in [1.29, 1.82) is 0 Å². The van der Waals surface area contributed by atoms with Crippen LogP contribution in [0, 0.1) is 6.92 Å². The Morgan fingerprint density at radius 3 is 2.19 bits per heavy atom. The maximum atomic E-state index is 12.8. The number of hydrogen-bond donors (Lipinski definition) is 0. The third kappa shape index (κ3) is 4.67. The average molecular weight is 365 g/mol. The SMILES string of the molecule is Cc1ccc(CC(=O)N2CCN(C(=O)c3cccc(N(C)C)c3)CC2)cc1. The highest BCUT2D eigenvalue weighted by Gasteiger charge is 2.25. The molecule has 5 heteroatoms. The summed E-state index contributed by atoms with van der Waals surface area (Å²) in [6, 6.07) is 15.7. The first-order chi connectivity index (χ1) is 12.9. The van der Waals surface area contributed by atoms with Crippen LogP contribution < -0.4 is 4.90 Å². The minimum Gasteiger partial charge on any atom is -0.378 e. The quantitative estimate of drug-likeness (QED) is 0.837. The van der Waals surface area contributed by atoms with E-state index in [-0.39, 0.29) is 11.8 Å². The number of anilines is 1. The van der Waals surface area contributed by atoms with Gasteiger partial charge in [0.2, 0.25) is 5.91 Å². The monoisotopic (exact) mass is 365 g/mol. The molecule has 2 amide bonds. The Morgan fingerprint density at radius 2 is 1.56 bits per heavy atom. The van der Waals surface area contributed by atoms with Crippen LogP contribution in [0.25, 0.3) is 0 Å². The zero-order valence-electron chi connectivity index (χ0n) is 16.3. The summed E-state index contributed by atoms with van der Waals surface area (Å²) in [5, 5.41) is 0. The minimum atomic E-state index is 0.0318. The predicted molar refractivity (Wildman–Crippen MR) is 108 cm³/mol. The smallest absolute Gasteiger partial charge is 0.254 e. The van der Waals surface area contributed by atoms with Crippen LogP contribution in [0.2, 0.25) is 0 Å². The van der Waals surface area contributed by atoms with Crippen LogP contribution in [0.4, 0.5) is 5.69 Å². The van der Waals surface area contributed by atoms with Crippen LogP contribution in [0.1, 0.15) is 21.5 Å². The first-order valence-electron chi connectivity index (χ1n) is 9.34. The molecule has 0 radical (unpaired) electrons. The van der Waals surface area contributed by atoms with Crippen LogP contribution in [-0.2, 0) is 11.2 Å². The topological polar surface area (TPSA) is 43.9 Å². The van der Waals surface area contributed by atoms with Gasteiger partial charge in [-0.2, -0.15) is 0 Å². The second kappa shape index (κ2) is 8.25. The summed E-state index contributed by atoms with van der Waals surface area (Å²) in [4.78, 5) is 31.0. The van der Waals surface area contributed by atoms with Gasteiger partial charge in [0.05, 0.1) is 6.42 Å². The number of carbonyl (C=O) groups is 2. The molecule has 1 fully saturated rings. The van der Waals surface area contributed by atoms with Gasteiger partial charge in [0.25, 0.3) is 5.91 Å². The highest BCUT2D eigenvalue weighted by atomic mass is 16.2. The molecule has 0 aromatic heterocycles. The Hall–Kier alpha value is -2.82. The van der Waals surface area contributed by atoms with Gasteiger partial charge in [-0.3, -0.25) is 9.59 Å². The maximum absolute atomic E-state index is 12.8. The van der Waals surface area contributed by atoms with Crippen molar-refractivity contribution in [2.45, 2.75) is 13.3 Å². The van der Waals surface area contributed by atoms with E-state index in [0.717, 1.165) is 11.3 Å². The van der Waals surface area contributed by atoms with E-state index in [0.29, 0.717) is 38.2 Å². The fraction of sp³-hybridized carbons (Fsp3) is 0.364. The lowest BCUT2D eigenvalue weighted by Gasteiger charge is -2.35. The first-order valence-corrected chi connectivity index (χ1v) is 9.34. The molecule has 1 aliphatic rings. The zero-order valence-corrected chi connectivity index (χ0v) is 16.3. The van der Waals surface area contributed by atoms with Gasteiger partial charge in [-0.1, -0.05) is 35.9 Å². The van der Waals surface area contributed by atoms with Crippen LogP contribution in [0.3, 0.4) is 0 Å². The number of amides is 2. The van der Waals surface area contributed by atoms with Gasteiger partial charge in [-0.15, -0.1) is 0 Å². The van der Waals surface area contributed by atoms with E-state index in [4.69, 9.17) is 0 Å². The van der Waals surface area contributed by atoms with E-state index >= 15 is 0 Å². The number of aryl methyl sites for hydroxylation is 1. The van der Waals surface area contributed by atoms with E-state index in [1.807, 2.05) is 84.2 Å². The molecule has 0 atom stereocenters. The number of rotatable bonds is 4. The second-order valence-electron chi connectivity index (χ2n) is 7.28. The van der Waals surface area contributed by atoms with Crippen molar-refractivity contribution < 1.29 is 9.59 Å². The molecular formula is C22H27N3O2. The molecule has 3 rings (SSSR count). The molecule has 0 unspecified atom stereocenters. The van der Waals surface area contributed by atoms with Gasteiger partial charge < -0.3 is 14.7 Å². The van der Waals surface area contributed by atoms with Crippen molar-refractivity contribution in [1.82, 2.24) is 9.80 Å². The highest BCUT2D eigenvalue weighted by molar-refractivity contribution is 5.95. The molecule has 27 heavy (non-hydrogen) atoms. The van der Waals surface area contributed by atoms with E-state index < -0.39 is 0 Å². The Bertz CT molecular complexity index is 807. The Morgan fingerprint density at radius 1 is 0.926 bits per heavy atom. The van der Waals surface area contributed by atoms with Crippen molar-refractivity contribution in [3.63, 3.8) is 0 Å². The summed E-state index contributed by atoms with van der Waals surface area (Å²) in [6.07, 6.45) is 0.416. The summed E-state index contributed by atoms with van der Waals surface area (Å²) in [6.45, 7) is 4.36. The molecule has 1 heterocycles. The first kappa shape index (κ1) is 19.0. The second-order valence-corrected chi connectivity index (χ2v) is 7.28. The van der Waals surface area contributed by atoms with Crippen molar-refractivity contribution in [2.24, 2.45) is 0 Å². The number of piperazine rings is 1. The van der Waals surface area contributed by atoms with E-state index in [1.165, 1.54) is 5.56 Å². The maximum Gasteiger partial charge on any atom is 0.254 e. The normalized spacial score (nSPS) is 14.2. The van der Waals surface area contributed by atoms with Gasteiger partial charge >= 0.3 is 0 Å². The summed E-state index contributed by atoms with van der Waals surface area (Å²) in [5.41, 5.74) is 3.93. The zero-order chi connectivity index (χ0) is 19.4. The van der Waals surface area contributed by atoms with Crippen LogP contribution in [0.15, 0.2) is 48.5 Å².